The van der Waals surface area contributed by atoms with Gasteiger partial charge in [-0.05, 0) is 6.42 Å². The first-order valence-corrected chi connectivity index (χ1v) is 4.16. The lowest BCUT2D eigenvalue weighted by atomic mass is 10.3. The topological polar surface area (TPSA) is 64.4 Å². The molecule has 0 saturated carbocycles. The third kappa shape index (κ3) is 1.16. The third-order valence-electron chi connectivity index (χ3n) is 2.08. The molecule has 0 fully saturated rings. The highest BCUT2D eigenvalue weighted by atomic mass is 16.5. The van der Waals surface area contributed by atoms with Crippen LogP contribution in [0.4, 0.5) is 0 Å². The number of aryl methyl sites for hydroxylation is 1. The number of fused-ring (bicyclic) bond motifs is 1. The first-order chi connectivity index (χ1) is 6.22. The zero-order valence-electron chi connectivity index (χ0n) is 7.23. The van der Waals surface area contributed by atoms with E-state index in [-0.39, 0.29) is 6.61 Å². The lowest BCUT2D eigenvalue weighted by molar-refractivity contribution is -0.141. The van der Waals surface area contributed by atoms with Crippen molar-refractivity contribution in [1.82, 2.24) is 9.78 Å². The minimum atomic E-state index is -0.899. The summed E-state index contributed by atoms with van der Waals surface area (Å²) in [6.45, 7) is 2.15. The summed E-state index contributed by atoms with van der Waals surface area (Å²) in [6, 6.07) is 1.12. The number of carboxylic acid groups (broad SMARTS) is 1. The largest absolute Gasteiger partial charge is 0.480 e. The van der Waals surface area contributed by atoms with Crippen LogP contribution in [0.15, 0.2) is 6.07 Å². The molecule has 2 heterocycles. The van der Waals surface area contributed by atoms with E-state index in [2.05, 4.69) is 5.10 Å². The predicted octanol–water partition coefficient (Wildman–Crippen LogP) is 0.464. The van der Waals surface area contributed by atoms with Gasteiger partial charge in [-0.25, -0.2) is 9.48 Å². The molecule has 5 heteroatoms. The normalized spacial score (nSPS) is 19.6. The number of hydrogen-bond acceptors (Lipinski definition) is 3. The van der Waals surface area contributed by atoms with Gasteiger partial charge in [0.15, 0.2) is 6.04 Å². The van der Waals surface area contributed by atoms with E-state index in [0.29, 0.717) is 5.88 Å². The van der Waals surface area contributed by atoms with E-state index in [1.165, 1.54) is 4.68 Å². The Hall–Kier alpha value is -1.52. The van der Waals surface area contributed by atoms with Crippen LogP contribution >= 0.6 is 0 Å². The van der Waals surface area contributed by atoms with Crippen LogP contribution in [0.25, 0.3) is 0 Å². The maximum atomic E-state index is 10.7. The zero-order chi connectivity index (χ0) is 9.42. The van der Waals surface area contributed by atoms with Gasteiger partial charge in [-0.2, -0.15) is 5.10 Å². The first kappa shape index (κ1) is 8.10. The molecule has 0 bridgehead atoms. The van der Waals surface area contributed by atoms with E-state index in [0.717, 1.165) is 12.1 Å². The lowest BCUT2D eigenvalue weighted by Crippen LogP contribution is -2.19. The Kier molecular flexibility index (Phi) is 1.72. The van der Waals surface area contributed by atoms with Crippen LogP contribution in [0.5, 0.6) is 5.88 Å². The highest BCUT2D eigenvalue weighted by Crippen LogP contribution is 2.26. The molecule has 0 spiro atoms. The summed E-state index contributed by atoms with van der Waals surface area (Å²) in [5.41, 5.74) is 0.862. The Bertz CT molecular complexity index is 345. The standard InChI is InChI=1S/C8H10N2O3/c1-2-5-3-7-10(9-5)6(4-13-7)8(11)12/h3,6H,2,4H2,1H3,(H,11,12). The first-order valence-electron chi connectivity index (χ1n) is 4.16. The fraction of sp³-hybridized carbons (Fsp3) is 0.500. The second kappa shape index (κ2) is 2.76. The quantitative estimate of drug-likeness (QED) is 0.721. The minimum Gasteiger partial charge on any atom is -0.480 e. The summed E-state index contributed by atoms with van der Waals surface area (Å²) >= 11 is 0. The molecule has 13 heavy (non-hydrogen) atoms. The number of carboxylic acids is 1. The second-order valence-electron chi connectivity index (χ2n) is 2.94. The van der Waals surface area contributed by atoms with Gasteiger partial charge in [0.1, 0.15) is 6.61 Å². The average Bonchev–Trinajstić information content (AvgIpc) is 2.59. The van der Waals surface area contributed by atoms with Crippen LogP contribution < -0.4 is 4.74 Å². The molecule has 1 N–H and O–H groups in total. The van der Waals surface area contributed by atoms with Crippen LogP contribution in [-0.2, 0) is 11.2 Å². The van der Waals surface area contributed by atoms with Gasteiger partial charge in [0.05, 0.1) is 5.69 Å². The molecule has 2 rings (SSSR count). The van der Waals surface area contributed by atoms with E-state index in [4.69, 9.17) is 9.84 Å². The fourth-order valence-corrected chi connectivity index (χ4v) is 1.34. The third-order valence-corrected chi connectivity index (χ3v) is 2.08. The number of rotatable bonds is 2. The number of aliphatic carboxylic acids is 1. The smallest absolute Gasteiger partial charge is 0.332 e. The van der Waals surface area contributed by atoms with E-state index in [9.17, 15) is 4.79 Å². The summed E-state index contributed by atoms with van der Waals surface area (Å²) in [5.74, 6) is -0.339. The number of hydrogen-bond donors (Lipinski definition) is 1. The van der Waals surface area contributed by atoms with Crippen molar-refractivity contribution in [2.24, 2.45) is 0 Å². The Morgan fingerprint density at radius 2 is 2.69 bits per heavy atom. The molecule has 1 aliphatic rings. The maximum absolute atomic E-state index is 10.7. The minimum absolute atomic E-state index is 0.182. The Morgan fingerprint density at radius 3 is 3.31 bits per heavy atom. The van der Waals surface area contributed by atoms with Crippen molar-refractivity contribution in [2.75, 3.05) is 6.61 Å². The van der Waals surface area contributed by atoms with Crippen LogP contribution in [0, 0.1) is 0 Å². The molecule has 1 aliphatic heterocycles. The van der Waals surface area contributed by atoms with E-state index < -0.39 is 12.0 Å². The zero-order valence-corrected chi connectivity index (χ0v) is 7.23. The fourth-order valence-electron chi connectivity index (χ4n) is 1.34. The van der Waals surface area contributed by atoms with Crippen molar-refractivity contribution in [3.63, 3.8) is 0 Å². The van der Waals surface area contributed by atoms with Crippen molar-refractivity contribution in [3.8, 4) is 5.88 Å². The molecular formula is C8H10N2O3. The van der Waals surface area contributed by atoms with Gasteiger partial charge in [0, 0.05) is 6.07 Å². The molecule has 1 aromatic heterocycles. The molecule has 70 valence electrons. The Morgan fingerprint density at radius 1 is 1.92 bits per heavy atom. The molecule has 0 aromatic carbocycles. The average molecular weight is 182 g/mol. The molecule has 1 atom stereocenters. The molecule has 5 nitrogen and oxygen atoms in total. The molecular weight excluding hydrogens is 172 g/mol. The molecule has 1 unspecified atom stereocenters. The van der Waals surface area contributed by atoms with Gasteiger partial charge >= 0.3 is 5.97 Å². The van der Waals surface area contributed by atoms with Gasteiger partial charge in [0.25, 0.3) is 0 Å². The van der Waals surface area contributed by atoms with Crippen molar-refractivity contribution >= 4 is 5.97 Å². The molecule has 1 aromatic rings. The summed E-state index contributed by atoms with van der Waals surface area (Å²) in [4.78, 5) is 10.7. The monoisotopic (exact) mass is 182 g/mol. The molecule has 0 saturated heterocycles. The van der Waals surface area contributed by atoms with Crippen LogP contribution in [-0.4, -0.2) is 27.5 Å². The van der Waals surface area contributed by atoms with Gasteiger partial charge < -0.3 is 9.84 Å². The molecule has 0 amide bonds. The number of ether oxygens (including phenoxy) is 1. The van der Waals surface area contributed by atoms with E-state index in [1.807, 2.05) is 6.92 Å². The van der Waals surface area contributed by atoms with Crippen LogP contribution in [0.1, 0.15) is 18.7 Å². The number of aromatic nitrogens is 2. The predicted molar refractivity (Wildman–Crippen MR) is 43.8 cm³/mol. The highest BCUT2D eigenvalue weighted by molar-refractivity contribution is 5.72. The summed E-state index contributed by atoms with van der Waals surface area (Å²) < 4.78 is 6.61. The van der Waals surface area contributed by atoms with Gasteiger partial charge in [-0.3, -0.25) is 0 Å². The van der Waals surface area contributed by atoms with Crippen molar-refractivity contribution in [1.29, 1.82) is 0 Å². The Labute approximate surface area is 74.9 Å². The van der Waals surface area contributed by atoms with Crippen LogP contribution in [0.2, 0.25) is 0 Å². The second-order valence-corrected chi connectivity index (χ2v) is 2.94. The summed E-state index contributed by atoms with van der Waals surface area (Å²) in [7, 11) is 0. The van der Waals surface area contributed by atoms with Gasteiger partial charge in [0.2, 0.25) is 5.88 Å². The van der Waals surface area contributed by atoms with E-state index >= 15 is 0 Å². The van der Waals surface area contributed by atoms with E-state index in [1.54, 1.807) is 6.07 Å². The number of nitrogens with zero attached hydrogens (tertiary/aromatic N) is 2. The van der Waals surface area contributed by atoms with Gasteiger partial charge in [-0.1, -0.05) is 6.92 Å². The van der Waals surface area contributed by atoms with Crippen molar-refractivity contribution in [2.45, 2.75) is 19.4 Å². The lowest BCUT2D eigenvalue weighted by Gasteiger charge is -2.01. The Balaban J connectivity index is 2.35. The SMILES string of the molecule is CCc1cc2n(n1)C(C(=O)O)CO2. The van der Waals surface area contributed by atoms with Crippen LogP contribution in [0.3, 0.4) is 0 Å². The molecule has 0 aliphatic carbocycles. The van der Waals surface area contributed by atoms with Crippen molar-refractivity contribution in [3.05, 3.63) is 11.8 Å². The van der Waals surface area contributed by atoms with Crippen molar-refractivity contribution < 1.29 is 14.6 Å². The summed E-state index contributed by atoms with van der Waals surface area (Å²) in [5, 5.41) is 12.9. The molecule has 0 radical (unpaired) electrons. The highest BCUT2D eigenvalue weighted by Gasteiger charge is 2.31. The van der Waals surface area contributed by atoms with Gasteiger partial charge in [-0.15, -0.1) is 0 Å². The summed E-state index contributed by atoms with van der Waals surface area (Å²) in [6.07, 6.45) is 0.787. The number of carbonyl (C=O) groups is 1. The maximum Gasteiger partial charge on any atom is 0.332 e.